The Morgan fingerprint density at radius 3 is 2.14 bits per heavy atom. The van der Waals surface area contributed by atoms with Crippen molar-refractivity contribution in [2.45, 2.75) is 34.1 Å². The smallest absolute Gasteiger partial charge is 1.00 e. The molecule has 2 heteroatoms. The molecule has 0 spiro atoms. The van der Waals surface area contributed by atoms with E-state index >= 15 is 0 Å². The second kappa shape index (κ2) is 6.55. The van der Waals surface area contributed by atoms with Crippen LogP contribution in [0.5, 0.6) is 0 Å². The van der Waals surface area contributed by atoms with E-state index in [0.717, 1.165) is 41.5 Å². The summed E-state index contributed by atoms with van der Waals surface area (Å²) in [4.78, 5) is 4.86. The van der Waals surface area contributed by atoms with Crippen LogP contribution in [0.25, 0.3) is 10.9 Å². The summed E-state index contributed by atoms with van der Waals surface area (Å²) in [5, 5.41) is 1.24. The summed E-state index contributed by atoms with van der Waals surface area (Å²) in [5.41, 5.74) is 2.39. The third-order valence-corrected chi connectivity index (χ3v) is 5.94. The first-order chi connectivity index (χ1) is 9.58. The molecule has 0 N–H and O–H groups in total. The van der Waals surface area contributed by atoms with Gasteiger partial charge in [0.25, 0.3) is 0 Å². The number of nitrogens with zero attached hydrogens (tertiary/aromatic N) is 1. The maximum Gasteiger partial charge on any atom is 1.00 e. The van der Waals surface area contributed by atoms with E-state index in [1.54, 1.807) is 0 Å². The van der Waals surface area contributed by atoms with Crippen molar-refractivity contribution in [1.29, 1.82) is 0 Å². The first-order valence-electron chi connectivity index (χ1n) is 7.92. The third kappa shape index (κ3) is 3.05. The largest absolute Gasteiger partial charge is 1.00 e. The molecule has 1 aliphatic carbocycles. The van der Waals surface area contributed by atoms with Crippen LogP contribution in [0, 0.1) is 29.6 Å². The molecular weight excluding hydrogens is 249 g/mol. The van der Waals surface area contributed by atoms with Crippen molar-refractivity contribution in [2.75, 3.05) is 0 Å². The van der Waals surface area contributed by atoms with Crippen molar-refractivity contribution < 1.29 is 20.3 Å². The molecule has 21 heavy (non-hydrogen) atoms. The molecule has 1 saturated carbocycles. The standard InChI is InChI=1S/C19H25N.Li.H/c1-12-13(2)15(4)18(14(12)3)11-17-10-9-16-7-5-6-8-19(16)20-17;;/h5-10,12-15,18H,11H2,1-4H3;;/q;+1;-1. The van der Waals surface area contributed by atoms with Crippen LogP contribution >= 0.6 is 0 Å². The van der Waals surface area contributed by atoms with Crippen LogP contribution < -0.4 is 18.9 Å². The average Bonchev–Trinajstić information content (AvgIpc) is 2.65. The van der Waals surface area contributed by atoms with E-state index in [1.807, 2.05) is 0 Å². The minimum atomic E-state index is 0. The number of benzene rings is 1. The van der Waals surface area contributed by atoms with Gasteiger partial charge in [0.2, 0.25) is 0 Å². The van der Waals surface area contributed by atoms with Crippen LogP contribution in [0.3, 0.4) is 0 Å². The Labute approximate surface area is 142 Å². The first kappa shape index (κ1) is 16.6. The number of hydrogen-bond donors (Lipinski definition) is 0. The van der Waals surface area contributed by atoms with Gasteiger partial charge in [-0.05, 0) is 48.1 Å². The van der Waals surface area contributed by atoms with Crippen molar-refractivity contribution in [1.82, 2.24) is 4.98 Å². The van der Waals surface area contributed by atoms with Crippen LogP contribution in [0.15, 0.2) is 36.4 Å². The SMILES string of the molecule is CC1C(C)C(C)C(Cc2ccc3ccccc3n2)C1C.[H-].[Li+]. The molecule has 1 nitrogen and oxygen atoms in total. The van der Waals surface area contributed by atoms with E-state index in [2.05, 4.69) is 64.1 Å². The molecule has 1 aromatic heterocycles. The summed E-state index contributed by atoms with van der Waals surface area (Å²) < 4.78 is 0. The van der Waals surface area contributed by atoms with Crippen LogP contribution in [0.1, 0.15) is 34.8 Å². The summed E-state index contributed by atoms with van der Waals surface area (Å²) in [6, 6.07) is 12.8. The molecule has 108 valence electrons. The molecule has 0 saturated heterocycles. The molecule has 0 radical (unpaired) electrons. The zero-order valence-corrected chi connectivity index (χ0v) is 14.0. The summed E-state index contributed by atoms with van der Waals surface area (Å²) in [6.07, 6.45) is 1.13. The number of pyridine rings is 1. The van der Waals surface area contributed by atoms with Gasteiger partial charge >= 0.3 is 18.9 Å². The zero-order chi connectivity index (χ0) is 14.3. The Hall–Kier alpha value is -0.773. The fourth-order valence-electron chi connectivity index (χ4n) is 4.05. The quantitative estimate of drug-likeness (QED) is 0.765. The average molecular weight is 275 g/mol. The second-order valence-corrected chi connectivity index (χ2v) is 6.80. The molecule has 1 aromatic carbocycles. The van der Waals surface area contributed by atoms with E-state index in [1.165, 1.54) is 11.1 Å². The van der Waals surface area contributed by atoms with E-state index in [-0.39, 0.29) is 20.3 Å². The number of rotatable bonds is 2. The molecular formula is C19H26LiN. The number of para-hydroxylation sites is 1. The molecule has 1 aliphatic rings. The fourth-order valence-corrected chi connectivity index (χ4v) is 4.05. The van der Waals surface area contributed by atoms with Gasteiger partial charge < -0.3 is 1.43 Å². The van der Waals surface area contributed by atoms with Crippen molar-refractivity contribution in [3.63, 3.8) is 0 Å². The maximum absolute atomic E-state index is 4.86. The number of aromatic nitrogens is 1. The third-order valence-electron chi connectivity index (χ3n) is 5.94. The van der Waals surface area contributed by atoms with Crippen molar-refractivity contribution in [3.8, 4) is 0 Å². The number of fused-ring (bicyclic) bond motifs is 1. The zero-order valence-electron chi connectivity index (χ0n) is 15.0. The molecule has 4 atom stereocenters. The summed E-state index contributed by atoms with van der Waals surface area (Å²) in [7, 11) is 0. The molecule has 1 heterocycles. The van der Waals surface area contributed by atoms with E-state index in [0.29, 0.717) is 0 Å². The molecule has 0 aliphatic heterocycles. The Morgan fingerprint density at radius 2 is 1.48 bits per heavy atom. The molecule has 4 unspecified atom stereocenters. The van der Waals surface area contributed by atoms with Crippen molar-refractivity contribution in [2.24, 2.45) is 29.6 Å². The van der Waals surface area contributed by atoms with Gasteiger partial charge in [-0.25, -0.2) is 0 Å². The van der Waals surface area contributed by atoms with Gasteiger partial charge in [0.1, 0.15) is 0 Å². The van der Waals surface area contributed by atoms with E-state index in [9.17, 15) is 0 Å². The van der Waals surface area contributed by atoms with Crippen LogP contribution in [0.4, 0.5) is 0 Å². The topological polar surface area (TPSA) is 12.9 Å². The van der Waals surface area contributed by atoms with Gasteiger partial charge in [0.05, 0.1) is 5.52 Å². The van der Waals surface area contributed by atoms with Crippen LogP contribution in [0.2, 0.25) is 0 Å². The molecule has 3 rings (SSSR count). The minimum Gasteiger partial charge on any atom is -1.00 e. The van der Waals surface area contributed by atoms with E-state index in [4.69, 9.17) is 4.98 Å². The Balaban J connectivity index is 0.00000121. The number of hydrogen-bond acceptors (Lipinski definition) is 1. The first-order valence-corrected chi connectivity index (χ1v) is 7.92. The summed E-state index contributed by atoms with van der Waals surface area (Å²) in [6.45, 7) is 9.69. The van der Waals surface area contributed by atoms with Gasteiger partial charge in [0, 0.05) is 11.1 Å². The normalized spacial score (nSPS) is 32.1. The Morgan fingerprint density at radius 1 is 0.857 bits per heavy atom. The van der Waals surface area contributed by atoms with Gasteiger partial charge in [0.15, 0.2) is 0 Å². The van der Waals surface area contributed by atoms with Gasteiger partial charge in [-0.15, -0.1) is 0 Å². The minimum absolute atomic E-state index is 0. The molecule has 1 fully saturated rings. The maximum atomic E-state index is 4.86. The predicted octanol–water partition coefficient (Wildman–Crippen LogP) is 2.07. The monoisotopic (exact) mass is 275 g/mol. The summed E-state index contributed by atoms with van der Waals surface area (Å²) >= 11 is 0. The Bertz CT molecular complexity index is 601. The second-order valence-electron chi connectivity index (χ2n) is 6.80. The van der Waals surface area contributed by atoms with Gasteiger partial charge in [-0.1, -0.05) is 52.0 Å². The van der Waals surface area contributed by atoms with E-state index < -0.39 is 0 Å². The van der Waals surface area contributed by atoms with Crippen LogP contribution in [-0.4, -0.2) is 4.98 Å². The molecule has 0 amide bonds. The van der Waals surface area contributed by atoms with Crippen molar-refractivity contribution >= 4 is 10.9 Å². The van der Waals surface area contributed by atoms with Gasteiger partial charge in [-0.2, -0.15) is 0 Å². The fraction of sp³-hybridized carbons (Fsp3) is 0.526. The van der Waals surface area contributed by atoms with Crippen molar-refractivity contribution in [3.05, 3.63) is 42.1 Å². The molecule has 2 aromatic rings. The molecule has 0 bridgehead atoms. The predicted molar refractivity (Wildman–Crippen MR) is 86.7 cm³/mol. The summed E-state index contributed by atoms with van der Waals surface area (Å²) in [5.74, 6) is 4.03. The Kier molecular flexibility index (Phi) is 5.18. The van der Waals surface area contributed by atoms with Gasteiger partial charge in [-0.3, -0.25) is 4.98 Å². The van der Waals surface area contributed by atoms with Crippen LogP contribution in [-0.2, 0) is 6.42 Å².